The Labute approximate surface area is 141 Å². The minimum absolute atomic E-state index is 0.0421. The van der Waals surface area contributed by atoms with Gasteiger partial charge in [-0.25, -0.2) is 0 Å². The number of nitrogens with zero attached hydrogens (tertiary/aromatic N) is 1. The maximum atomic E-state index is 10.3. The number of aliphatic hydroxyl groups is 1. The molecule has 3 nitrogen and oxygen atoms in total. The molecule has 1 aromatic rings. The summed E-state index contributed by atoms with van der Waals surface area (Å²) in [7, 11) is 2.13. The number of rotatable bonds is 6. The van der Waals surface area contributed by atoms with Gasteiger partial charge >= 0.3 is 0 Å². The molecule has 0 radical (unpaired) electrons. The van der Waals surface area contributed by atoms with Crippen molar-refractivity contribution < 1.29 is 9.84 Å². The van der Waals surface area contributed by atoms with E-state index in [2.05, 4.69) is 38.8 Å². The monoisotopic (exact) mass is 319 g/mol. The Hall–Kier alpha value is -1.06. The zero-order valence-corrected chi connectivity index (χ0v) is 15.2. The van der Waals surface area contributed by atoms with Crippen LogP contribution in [0.4, 0.5) is 0 Å². The maximum absolute atomic E-state index is 10.3. The Morgan fingerprint density at radius 2 is 1.83 bits per heavy atom. The smallest absolute Gasteiger partial charge is 0.123 e. The molecule has 1 atom stereocenters. The molecule has 2 rings (SSSR count). The first-order chi connectivity index (χ1) is 10.9. The van der Waals surface area contributed by atoms with Crippen LogP contribution in [0.3, 0.4) is 0 Å². The van der Waals surface area contributed by atoms with Gasteiger partial charge in [0.15, 0.2) is 0 Å². The summed E-state index contributed by atoms with van der Waals surface area (Å²) in [4.78, 5) is 2.31. The molecule has 1 saturated carbocycles. The molecule has 0 spiro atoms. The van der Waals surface area contributed by atoms with Crippen LogP contribution in [0.15, 0.2) is 24.3 Å². The van der Waals surface area contributed by atoms with E-state index < -0.39 is 6.10 Å². The highest BCUT2D eigenvalue weighted by atomic mass is 16.5. The largest absolute Gasteiger partial charge is 0.491 e. The van der Waals surface area contributed by atoms with Crippen LogP contribution in [-0.2, 0) is 5.41 Å². The third kappa shape index (κ3) is 5.50. The lowest BCUT2D eigenvalue weighted by Crippen LogP contribution is -2.40. The predicted molar refractivity (Wildman–Crippen MR) is 96.1 cm³/mol. The van der Waals surface area contributed by atoms with Crippen molar-refractivity contribution in [2.75, 3.05) is 20.2 Å². The van der Waals surface area contributed by atoms with Crippen LogP contribution < -0.4 is 4.74 Å². The van der Waals surface area contributed by atoms with Gasteiger partial charge in [-0.15, -0.1) is 0 Å². The van der Waals surface area contributed by atoms with E-state index in [0.717, 1.165) is 5.75 Å². The van der Waals surface area contributed by atoms with E-state index in [1.165, 1.54) is 37.7 Å². The molecule has 0 amide bonds. The molecular formula is C20H33NO2. The molecule has 130 valence electrons. The standard InChI is InChI=1S/C20H33NO2/c1-20(2,3)18-12-8-9-13-19(18)23-15-17(22)14-21(4)16-10-6-5-7-11-16/h8-9,12-13,16-17,22H,5-7,10-11,14-15H2,1-4H3/t17-/m0/s1. The number of aliphatic hydroxyl groups excluding tert-OH is 1. The lowest BCUT2D eigenvalue weighted by molar-refractivity contribution is 0.0556. The SMILES string of the molecule is CN(C[C@H](O)COc1ccccc1C(C)(C)C)C1CCCCC1. The van der Waals surface area contributed by atoms with Crippen molar-refractivity contribution in [3.05, 3.63) is 29.8 Å². The maximum Gasteiger partial charge on any atom is 0.123 e. The number of benzene rings is 1. The van der Waals surface area contributed by atoms with Gasteiger partial charge in [-0.2, -0.15) is 0 Å². The molecule has 0 unspecified atom stereocenters. The van der Waals surface area contributed by atoms with Gasteiger partial charge in [0.25, 0.3) is 0 Å². The lowest BCUT2D eigenvalue weighted by Gasteiger charge is -2.32. The van der Waals surface area contributed by atoms with Crippen LogP contribution in [-0.4, -0.2) is 42.4 Å². The summed E-state index contributed by atoms with van der Waals surface area (Å²) in [5, 5.41) is 10.3. The topological polar surface area (TPSA) is 32.7 Å². The van der Waals surface area contributed by atoms with Crippen molar-refractivity contribution in [3.8, 4) is 5.75 Å². The molecule has 3 heteroatoms. The summed E-state index contributed by atoms with van der Waals surface area (Å²) in [6.07, 6.45) is 6.07. The van der Waals surface area contributed by atoms with Crippen LogP contribution in [0.25, 0.3) is 0 Å². The van der Waals surface area contributed by atoms with Crippen LogP contribution in [0, 0.1) is 0 Å². The Balaban J connectivity index is 1.86. The molecule has 0 saturated heterocycles. The molecule has 0 aliphatic heterocycles. The summed E-state index contributed by atoms with van der Waals surface area (Å²) in [5.41, 5.74) is 1.23. The summed E-state index contributed by atoms with van der Waals surface area (Å²) < 4.78 is 5.94. The highest BCUT2D eigenvalue weighted by Gasteiger charge is 2.22. The van der Waals surface area contributed by atoms with Gasteiger partial charge in [-0.05, 0) is 36.9 Å². The Bertz CT molecular complexity index is 475. The van der Waals surface area contributed by atoms with Crippen molar-refractivity contribution in [1.82, 2.24) is 4.90 Å². The first kappa shape index (κ1) is 18.3. The second kappa shape index (κ2) is 8.16. The minimum Gasteiger partial charge on any atom is -0.491 e. The quantitative estimate of drug-likeness (QED) is 0.860. The first-order valence-electron chi connectivity index (χ1n) is 8.98. The summed E-state index contributed by atoms with van der Waals surface area (Å²) in [6, 6.07) is 8.76. The van der Waals surface area contributed by atoms with Crippen LogP contribution in [0.5, 0.6) is 5.75 Å². The van der Waals surface area contributed by atoms with Crippen LogP contribution in [0.1, 0.15) is 58.4 Å². The lowest BCUT2D eigenvalue weighted by atomic mass is 9.86. The minimum atomic E-state index is -0.449. The zero-order chi connectivity index (χ0) is 16.9. The van der Waals surface area contributed by atoms with E-state index in [4.69, 9.17) is 4.74 Å². The van der Waals surface area contributed by atoms with Crippen molar-refractivity contribution in [2.45, 2.75) is 70.4 Å². The van der Waals surface area contributed by atoms with Gasteiger partial charge in [0.1, 0.15) is 18.5 Å². The summed E-state index contributed by atoms with van der Waals surface area (Å²) in [6.45, 7) is 7.58. The highest BCUT2D eigenvalue weighted by molar-refractivity contribution is 5.38. The number of likely N-dealkylation sites (N-methyl/N-ethyl adjacent to an activating group) is 1. The molecule has 0 heterocycles. The summed E-state index contributed by atoms with van der Waals surface area (Å²) in [5.74, 6) is 0.888. The molecule has 23 heavy (non-hydrogen) atoms. The highest BCUT2D eigenvalue weighted by Crippen LogP contribution is 2.31. The van der Waals surface area contributed by atoms with Crippen LogP contribution in [0.2, 0.25) is 0 Å². The van der Waals surface area contributed by atoms with Gasteiger partial charge in [0, 0.05) is 12.6 Å². The average Bonchev–Trinajstić information content (AvgIpc) is 2.53. The first-order valence-corrected chi connectivity index (χ1v) is 8.98. The van der Waals surface area contributed by atoms with Gasteiger partial charge in [-0.3, -0.25) is 0 Å². The molecule has 1 aromatic carbocycles. The molecular weight excluding hydrogens is 286 g/mol. The van der Waals surface area contributed by atoms with E-state index in [1.54, 1.807) is 0 Å². The molecule has 1 aliphatic rings. The van der Waals surface area contributed by atoms with E-state index in [-0.39, 0.29) is 5.41 Å². The molecule has 0 aromatic heterocycles. The second-order valence-corrected chi connectivity index (χ2v) is 7.94. The average molecular weight is 319 g/mol. The molecule has 0 bridgehead atoms. The molecule has 1 aliphatic carbocycles. The van der Waals surface area contributed by atoms with E-state index >= 15 is 0 Å². The van der Waals surface area contributed by atoms with Gasteiger partial charge in [0.2, 0.25) is 0 Å². The number of para-hydroxylation sites is 1. The fourth-order valence-corrected chi connectivity index (χ4v) is 3.45. The number of ether oxygens (including phenoxy) is 1. The summed E-state index contributed by atoms with van der Waals surface area (Å²) >= 11 is 0. The van der Waals surface area contributed by atoms with Gasteiger partial charge in [-0.1, -0.05) is 58.2 Å². The number of hydrogen-bond acceptors (Lipinski definition) is 3. The van der Waals surface area contributed by atoms with Gasteiger partial charge in [0.05, 0.1) is 0 Å². The Kier molecular flexibility index (Phi) is 6.49. The van der Waals surface area contributed by atoms with Crippen molar-refractivity contribution >= 4 is 0 Å². The van der Waals surface area contributed by atoms with E-state index in [1.807, 2.05) is 18.2 Å². The third-order valence-corrected chi connectivity index (χ3v) is 4.82. The normalized spacial score (nSPS) is 18.2. The Morgan fingerprint density at radius 3 is 2.48 bits per heavy atom. The zero-order valence-electron chi connectivity index (χ0n) is 15.2. The Morgan fingerprint density at radius 1 is 1.17 bits per heavy atom. The van der Waals surface area contributed by atoms with Crippen LogP contribution >= 0.6 is 0 Å². The van der Waals surface area contributed by atoms with E-state index in [9.17, 15) is 5.11 Å². The second-order valence-electron chi connectivity index (χ2n) is 7.94. The van der Waals surface area contributed by atoms with Crippen molar-refractivity contribution in [1.29, 1.82) is 0 Å². The predicted octanol–water partition coefficient (Wildman–Crippen LogP) is 3.99. The third-order valence-electron chi connectivity index (χ3n) is 4.82. The van der Waals surface area contributed by atoms with Crippen molar-refractivity contribution in [3.63, 3.8) is 0 Å². The molecule has 1 fully saturated rings. The number of hydrogen-bond donors (Lipinski definition) is 1. The van der Waals surface area contributed by atoms with E-state index in [0.29, 0.717) is 19.2 Å². The van der Waals surface area contributed by atoms with Crippen molar-refractivity contribution in [2.24, 2.45) is 0 Å². The fourth-order valence-electron chi connectivity index (χ4n) is 3.45. The fraction of sp³-hybridized carbons (Fsp3) is 0.700. The van der Waals surface area contributed by atoms with Gasteiger partial charge < -0.3 is 14.7 Å². The molecule has 1 N–H and O–H groups in total.